The van der Waals surface area contributed by atoms with Gasteiger partial charge in [0.15, 0.2) is 11.2 Å². The topological polar surface area (TPSA) is 128 Å². The lowest BCUT2D eigenvalue weighted by atomic mass is 10.1. The molecule has 0 bridgehead atoms. The number of hydrogen-bond donors (Lipinski definition) is 0. The zero-order valence-electron chi connectivity index (χ0n) is 22.5. The van der Waals surface area contributed by atoms with Crippen LogP contribution in [0.3, 0.4) is 0 Å². The molecule has 0 spiro atoms. The Morgan fingerprint density at radius 1 is 0.902 bits per heavy atom. The van der Waals surface area contributed by atoms with Crippen LogP contribution in [0.4, 0.5) is 4.39 Å². The van der Waals surface area contributed by atoms with Crippen molar-refractivity contribution >= 4 is 28.9 Å². The molecule has 5 rings (SSSR count). The van der Waals surface area contributed by atoms with Crippen molar-refractivity contribution in [1.82, 2.24) is 23.1 Å². The summed E-state index contributed by atoms with van der Waals surface area (Å²) in [7, 11) is 1.50. The highest BCUT2D eigenvalue weighted by Gasteiger charge is 2.26. The number of methoxy groups -OCH3 is 1. The first-order chi connectivity index (χ1) is 19.8. The summed E-state index contributed by atoms with van der Waals surface area (Å²) in [5.74, 6) is -1.27. The Labute approximate surface area is 231 Å². The number of aromatic nitrogens is 5. The van der Waals surface area contributed by atoms with Crippen LogP contribution >= 0.6 is 0 Å². The minimum Gasteiger partial charge on any atom is -0.495 e. The summed E-state index contributed by atoms with van der Waals surface area (Å²) >= 11 is 0. The van der Waals surface area contributed by atoms with Crippen molar-refractivity contribution in [1.29, 1.82) is 0 Å². The maximum atomic E-state index is 13.8. The van der Waals surface area contributed by atoms with Gasteiger partial charge in [0.25, 0.3) is 5.56 Å². The number of fused-ring (bicyclic) bond motifs is 3. The van der Waals surface area contributed by atoms with Crippen LogP contribution in [0.5, 0.6) is 5.75 Å². The Balaban J connectivity index is 1.89. The molecular weight excluding hydrogens is 537 g/mol. The predicted molar refractivity (Wildman–Crippen MR) is 146 cm³/mol. The average Bonchev–Trinajstić information content (AvgIpc) is 3.50. The van der Waals surface area contributed by atoms with Crippen LogP contribution in [-0.2, 0) is 32.2 Å². The van der Waals surface area contributed by atoms with Crippen molar-refractivity contribution in [3.63, 3.8) is 0 Å². The second-order valence-electron chi connectivity index (χ2n) is 8.85. The summed E-state index contributed by atoms with van der Waals surface area (Å²) in [4.78, 5) is 56.7. The van der Waals surface area contributed by atoms with E-state index in [0.29, 0.717) is 27.3 Å². The van der Waals surface area contributed by atoms with Gasteiger partial charge in [-0.25, -0.2) is 13.8 Å². The fourth-order valence-electron chi connectivity index (χ4n) is 4.64. The largest absolute Gasteiger partial charge is 0.495 e. The molecule has 2 aromatic carbocycles. The minimum atomic E-state index is -0.924. The van der Waals surface area contributed by atoms with E-state index in [1.807, 2.05) is 0 Å². The van der Waals surface area contributed by atoms with Crippen LogP contribution < -0.4 is 16.0 Å². The van der Waals surface area contributed by atoms with Crippen molar-refractivity contribution < 1.29 is 28.2 Å². The lowest BCUT2D eigenvalue weighted by Gasteiger charge is -2.13. The molecule has 0 N–H and O–H groups in total. The fourth-order valence-corrected chi connectivity index (χ4v) is 4.64. The molecule has 3 heterocycles. The van der Waals surface area contributed by atoms with Crippen molar-refractivity contribution in [2.45, 2.75) is 26.9 Å². The Bertz CT molecular complexity index is 1900. The normalized spacial score (nSPS) is 11.2. The van der Waals surface area contributed by atoms with E-state index in [9.17, 15) is 23.6 Å². The molecule has 13 heteroatoms. The van der Waals surface area contributed by atoms with Gasteiger partial charge >= 0.3 is 17.6 Å². The summed E-state index contributed by atoms with van der Waals surface area (Å²) in [6.45, 7) is 2.12. The van der Waals surface area contributed by atoms with Crippen LogP contribution in [0.15, 0.2) is 64.3 Å². The third kappa shape index (κ3) is 4.86. The molecule has 212 valence electrons. The molecule has 0 aliphatic heterocycles. The van der Waals surface area contributed by atoms with E-state index in [1.54, 1.807) is 61.0 Å². The first kappa shape index (κ1) is 27.4. The number of benzene rings is 2. The molecule has 12 nitrogen and oxygen atoms in total. The first-order valence-electron chi connectivity index (χ1n) is 12.8. The van der Waals surface area contributed by atoms with Gasteiger partial charge in [0, 0.05) is 11.8 Å². The molecule has 0 aliphatic rings. The van der Waals surface area contributed by atoms with Crippen LogP contribution in [0.1, 0.15) is 13.8 Å². The number of rotatable bonds is 9. The zero-order valence-corrected chi connectivity index (χ0v) is 22.5. The number of carbonyl (C=O) groups excluding carboxylic acids is 2. The van der Waals surface area contributed by atoms with Crippen molar-refractivity contribution in [3.8, 4) is 22.7 Å². The number of imidazole rings is 2. The van der Waals surface area contributed by atoms with E-state index in [1.165, 1.54) is 23.6 Å². The molecule has 0 unspecified atom stereocenters. The van der Waals surface area contributed by atoms with Gasteiger partial charge in [0.05, 0.1) is 31.7 Å². The van der Waals surface area contributed by atoms with E-state index < -0.39 is 42.1 Å². The Morgan fingerprint density at radius 2 is 1.54 bits per heavy atom. The third-order valence-corrected chi connectivity index (χ3v) is 6.38. The van der Waals surface area contributed by atoms with Gasteiger partial charge in [0.1, 0.15) is 24.7 Å². The zero-order chi connectivity index (χ0) is 29.3. The molecule has 0 fully saturated rings. The highest BCUT2D eigenvalue weighted by Crippen LogP contribution is 2.33. The standard InChI is InChI=1S/C28H26FN5O7/c1-4-40-22(35)15-32-25-24(26(37)33(28(32)38)16-23(36)41-5-2)31-14-20(17-10-12-18(29)13-11-17)34(27(31)30-25)19-8-6-7-9-21(19)39-3/h6-14H,4-5,15-16H2,1-3H3. The number of ether oxygens (including phenoxy) is 3. The lowest BCUT2D eigenvalue weighted by molar-refractivity contribution is -0.144. The van der Waals surface area contributed by atoms with Crippen molar-refractivity contribution in [2.24, 2.45) is 0 Å². The monoisotopic (exact) mass is 563 g/mol. The molecule has 0 radical (unpaired) electrons. The molecule has 0 amide bonds. The molecule has 3 aromatic heterocycles. The van der Waals surface area contributed by atoms with Gasteiger partial charge < -0.3 is 14.2 Å². The number of hydrogen-bond acceptors (Lipinski definition) is 8. The second kappa shape index (κ2) is 11.1. The maximum Gasteiger partial charge on any atom is 0.333 e. The molecule has 0 saturated carbocycles. The van der Waals surface area contributed by atoms with Gasteiger partial charge in [-0.05, 0) is 50.2 Å². The second-order valence-corrected chi connectivity index (χ2v) is 8.85. The van der Waals surface area contributed by atoms with Crippen molar-refractivity contribution in [3.05, 3.63) is 81.4 Å². The summed E-state index contributed by atoms with van der Waals surface area (Å²) in [5, 5.41) is 0. The van der Waals surface area contributed by atoms with E-state index in [0.717, 1.165) is 4.57 Å². The molecule has 0 saturated heterocycles. The SMILES string of the molecule is CCOC(=O)Cn1c(=O)c2c(nc3n(-c4ccccc4OC)c(-c4ccc(F)cc4)cn23)n(CC(=O)OCC)c1=O. The molecule has 0 aliphatic carbocycles. The van der Waals surface area contributed by atoms with Crippen molar-refractivity contribution in [2.75, 3.05) is 20.3 Å². The smallest absolute Gasteiger partial charge is 0.333 e. The maximum absolute atomic E-state index is 13.8. The molecular formula is C28H26FN5O7. The molecule has 41 heavy (non-hydrogen) atoms. The Morgan fingerprint density at radius 3 is 2.17 bits per heavy atom. The van der Waals surface area contributed by atoms with Crippen LogP contribution in [0.25, 0.3) is 33.9 Å². The number of nitrogens with zero attached hydrogens (tertiary/aromatic N) is 5. The van der Waals surface area contributed by atoms with Gasteiger partial charge in [-0.3, -0.25) is 27.9 Å². The van der Waals surface area contributed by atoms with Gasteiger partial charge in [-0.15, -0.1) is 0 Å². The number of esters is 2. The number of halogens is 1. The van der Waals surface area contributed by atoms with Crippen LogP contribution in [-0.4, -0.2) is 55.3 Å². The minimum absolute atomic E-state index is 0.0482. The Hall–Kier alpha value is -5.20. The number of carbonyl (C=O) groups is 2. The lowest BCUT2D eigenvalue weighted by Crippen LogP contribution is -2.43. The van der Waals surface area contributed by atoms with E-state index in [4.69, 9.17) is 14.2 Å². The van der Waals surface area contributed by atoms with Gasteiger partial charge in [-0.2, -0.15) is 4.98 Å². The van der Waals surface area contributed by atoms with Crippen LogP contribution in [0, 0.1) is 5.82 Å². The Kier molecular flexibility index (Phi) is 7.42. The predicted octanol–water partition coefficient (Wildman–Crippen LogP) is 2.54. The van der Waals surface area contributed by atoms with Crippen LogP contribution in [0.2, 0.25) is 0 Å². The van der Waals surface area contributed by atoms with Gasteiger partial charge in [-0.1, -0.05) is 12.1 Å². The fraction of sp³-hybridized carbons (Fsp3) is 0.250. The summed E-state index contributed by atoms with van der Waals surface area (Å²) in [6, 6.07) is 12.9. The summed E-state index contributed by atoms with van der Waals surface area (Å²) in [5.41, 5.74) is -0.213. The first-order valence-corrected chi connectivity index (χ1v) is 12.8. The highest BCUT2D eigenvalue weighted by molar-refractivity contribution is 5.82. The quantitative estimate of drug-likeness (QED) is 0.250. The molecule has 5 aromatic rings. The average molecular weight is 564 g/mol. The summed E-state index contributed by atoms with van der Waals surface area (Å²) < 4.78 is 34.2. The van der Waals surface area contributed by atoms with E-state index in [2.05, 4.69) is 4.98 Å². The van der Waals surface area contributed by atoms with E-state index >= 15 is 0 Å². The summed E-state index contributed by atoms with van der Waals surface area (Å²) in [6.07, 6.45) is 1.61. The third-order valence-electron chi connectivity index (χ3n) is 6.38. The van der Waals surface area contributed by atoms with E-state index in [-0.39, 0.29) is 30.2 Å². The van der Waals surface area contributed by atoms with Gasteiger partial charge in [0.2, 0.25) is 5.78 Å². The molecule has 0 atom stereocenters. The highest BCUT2D eigenvalue weighted by atomic mass is 19.1. The number of para-hydroxylation sites is 2.